The van der Waals surface area contributed by atoms with Crippen LogP contribution in [0, 0.1) is 0 Å². The molecule has 158 valence electrons. The summed E-state index contributed by atoms with van der Waals surface area (Å²) in [4.78, 5) is 33.5. The molecule has 1 aromatic heterocycles. The lowest BCUT2D eigenvalue weighted by Crippen LogP contribution is -2.49. The van der Waals surface area contributed by atoms with E-state index >= 15 is 0 Å². The molecule has 0 spiro atoms. The quantitative estimate of drug-likeness (QED) is 0.621. The first-order valence-corrected chi connectivity index (χ1v) is 10.6. The van der Waals surface area contributed by atoms with Gasteiger partial charge in [-0.3, -0.25) is 14.7 Å². The van der Waals surface area contributed by atoms with Crippen LogP contribution in [-0.2, 0) is 13.1 Å². The Kier molecular flexibility index (Phi) is 6.48. The van der Waals surface area contributed by atoms with Gasteiger partial charge in [-0.1, -0.05) is 35.9 Å². The van der Waals surface area contributed by atoms with Gasteiger partial charge in [0.25, 0.3) is 5.91 Å². The van der Waals surface area contributed by atoms with Crippen molar-refractivity contribution in [2.45, 2.75) is 19.5 Å². The van der Waals surface area contributed by atoms with Crippen LogP contribution in [0.15, 0.2) is 72.9 Å². The van der Waals surface area contributed by atoms with Crippen LogP contribution in [0.5, 0.6) is 0 Å². The van der Waals surface area contributed by atoms with Crippen molar-refractivity contribution in [3.8, 4) is 0 Å². The summed E-state index contributed by atoms with van der Waals surface area (Å²) in [5, 5.41) is 3.55. The monoisotopic (exact) mass is 434 g/mol. The van der Waals surface area contributed by atoms with E-state index in [0.29, 0.717) is 36.8 Å². The number of hydrogen-bond donors (Lipinski definition) is 1. The summed E-state index contributed by atoms with van der Waals surface area (Å²) in [5.74, 6) is -0.199. The lowest BCUT2D eigenvalue weighted by molar-refractivity contribution is 0.0950. The minimum absolute atomic E-state index is 0.0627. The third kappa shape index (κ3) is 5.22. The molecular formula is C24H23ClN4O2. The highest BCUT2D eigenvalue weighted by atomic mass is 35.5. The maximum Gasteiger partial charge on any atom is 0.324 e. The first-order chi connectivity index (χ1) is 15.1. The summed E-state index contributed by atoms with van der Waals surface area (Å²) >= 11 is 5.96. The molecule has 7 heteroatoms. The number of carbonyl (C=O) groups excluding carboxylic acids is 2. The van der Waals surface area contributed by atoms with E-state index in [1.807, 2.05) is 53.4 Å². The van der Waals surface area contributed by atoms with Crippen LogP contribution in [-0.4, -0.2) is 34.9 Å². The average molecular weight is 435 g/mol. The summed E-state index contributed by atoms with van der Waals surface area (Å²) in [6, 6.07) is 20.2. The van der Waals surface area contributed by atoms with Gasteiger partial charge in [0.05, 0.1) is 12.2 Å². The number of carbonyl (C=O) groups is 2. The summed E-state index contributed by atoms with van der Waals surface area (Å²) in [7, 11) is 0. The minimum Gasteiger partial charge on any atom is -0.346 e. The summed E-state index contributed by atoms with van der Waals surface area (Å²) < 4.78 is 0. The Hall–Kier alpha value is -3.38. The maximum absolute atomic E-state index is 13.1. The SMILES string of the molecule is O=C(NCc1ccccn1)c1cccc(N2CCCN(Cc3ccc(Cl)cc3)C2=O)c1. The van der Waals surface area contributed by atoms with Gasteiger partial charge < -0.3 is 10.2 Å². The predicted octanol–water partition coefficient (Wildman–Crippen LogP) is 4.50. The van der Waals surface area contributed by atoms with E-state index in [9.17, 15) is 9.59 Å². The van der Waals surface area contributed by atoms with Crippen LogP contribution in [0.2, 0.25) is 5.02 Å². The van der Waals surface area contributed by atoms with Gasteiger partial charge in [0.15, 0.2) is 0 Å². The van der Waals surface area contributed by atoms with Gasteiger partial charge in [0.2, 0.25) is 0 Å². The Morgan fingerprint density at radius 3 is 2.65 bits per heavy atom. The standard InChI is InChI=1S/C24H23ClN4O2/c25-20-10-8-18(9-11-20)17-28-13-4-14-29(24(28)31)22-7-3-5-19(15-22)23(30)27-16-21-6-1-2-12-26-21/h1-3,5-12,15H,4,13-14,16-17H2,(H,27,30). The van der Waals surface area contributed by atoms with Crippen molar-refractivity contribution in [2.24, 2.45) is 0 Å². The number of urea groups is 1. The molecule has 3 amide bonds. The van der Waals surface area contributed by atoms with Crippen molar-refractivity contribution in [1.82, 2.24) is 15.2 Å². The Morgan fingerprint density at radius 1 is 1.03 bits per heavy atom. The van der Waals surface area contributed by atoms with Crippen LogP contribution in [0.1, 0.15) is 28.0 Å². The predicted molar refractivity (Wildman–Crippen MR) is 121 cm³/mol. The first kappa shape index (κ1) is 20.9. The molecule has 0 bridgehead atoms. The highest BCUT2D eigenvalue weighted by molar-refractivity contribution is 6.30. The first-order valence-electron chi connectivity index (χ1n) is 10.2. The minimum atomic E-state index is -0.199. The zero-order chi connectivity index (χ0) is 21.6. The molecule has 1 N–H and O–H groups in total. The van der Waals surface area contributed by atoms with Gasteiger partial charge in [0, 0.05) is 42.1 Å². The molecule has 0 saturated carbocycles. The lowest BCUT2D eigenvalue weighted by atomic mass is 10.1. The van der Waals surface area contributed by atoms with Crippen LogP contribution >= 0.6 is 11.6 Å². The topological polar surface area (TPSA) is 65.5 Å². The number of aromatic nitrogens is 1. The van der Waals surface area contributed by atoms with Crippen molar-refractivity contribution in [2.75, 3.05) is 18.0 Å². The van der Waals surface area contributed by atoms with Crippen molar-refractivity contribution >= 4 is 29.2 Å². The van der Waals surface area contributed by atoms with Gasteiger partial charge in [-0.05, 0) is 54.4 Å². The molecule has 1 fully saturated rings. The molecule has 2 heterocycles. The molecule has 0 aliphatic carbocycles. The lowest BCUT2D eigenvalue weighted by Gasteiger charge is -2.35. The fourth-order valence-electron chi connectivity index (χ4n) is 3.57. The zero-order valence-electron chi connectivity index (χ0n) is 17.0. The van der Waals surface area contributed by atoms with Crippen LogP contribution < -0.4 is 10.2 Å². The number of amides is 3. The smallest absolute Gasteiger partial charge is 0.324 e. The highest BCUT2D eigenvalue weighted by Gasteiger charge is 2.27. The zero-order valence-corrected chi connectivity index (χ0v) is 17.8. The van der Waals surface area contributed by atoms with Crippen LogP contribution in [0.25, 0.3) is 0 Å². The average Bonchev–Trinajstić information content (AvgIpc) is 2.81. The van der Waals surface area contributed by atoms with Gasteiger partial charge in [-0.15, -0.1) is 0 Å². The number of rotatable bonds is 6. The third-order valence-electron chi connectivity index (χ3n) is 5.17. The molecule has 1 saturated heterocycles. The number of benzene rings is 2. The van der Waals surface area contributed by atoms with E-state index in [0.717, 1.165) is 23.4 Å². The maximum atomic E-state index is 13.1. The molecular weight excluding hydrogens is 412 g/mol. The van der Waals surface area contributed by atoms with E-state index in [1.54, 1.807) is 29.3 Å². The van der Waals surface area contributed by atoms with E-state index < -0.39 is 0 Å². The Bertz CT molecular complexity index is 1060. The molecule has 6 nitrogen and oxygen atoms in total. The van der Waals surface area contributed by atoms with Crippen LogP contribution in [0.3, 0.4) is 0 Å². The third-order valence-corrected chi connectivity index (χ3v) is 5.43. The van der Waals surface area contributed by atoms with E-state index in [-0.39, 0.29) is 11.9 Å². The van der Waals surface area contributed by atoms with Crippen molar-refractivity contribution in [3.05, 3.63) is 94.8 Å². The number of nitrogens with one attached hydrogen (secondary N) is 1. The summed E-state index contributed by atoms with van der Waals surface area (Å²) in [5.41, 5.74) is 3.05. The number of hydrogen-bond acceptors (Lipinski definition) is 3. The second-order valence-electron chi connectivity index (χ2n) is 7.39. The fraction of sp³-hybridized carbons (Fsp3) is 0.208. The van der Waals surface area contributed by atoms with Crippen LogP contribution in [0.4, 0.5) is 10.5 Å². The molecule has 1 aliphatic rings. The van der Waals surface area contributed by atoms with Crippen molar-refractivity contribution in [1.29, 1.82) is 0 Å². The van der Waals surface area contributed by atoms with Gasteiger partial charge in [-0.25, -0.2) is 4.79 Å². The van der Waals surface area contributed by atoms with Gasteiger partial charge in [-0.2, -0.15) is 0 Å². The Balaban J connectivity index is 1.44. The number of nitrogens with zero attached hydrogens (tertiary/aromatic N) is 3. The molecule has 4 rings (SSSR count). The van der Waals surface area contributed by atoms with Crippen molar-refractivity contribution < 1.29 is 9.59 Å². The fourth-order valence-corrected chi connectivity index (χ4v) is 3.69. The number of anilines is 1. The van der Waals surface area contributed by atoms with E-state index in [2.05, 4.69) is 10.3 Å². The summed E-state index contributed by atoms with van der Waals surface area (Å²) in [6.45, 7) is 2.19. The molecule has 0 atom stereocenters. The number of halogens is 1. The molecule has 3 aromatic rings. The van der Waals surface area contributed by atoms with E-state index in [4.69, 9.17) is 11.6 Å². The molecule has 0 unspecified atom stereocenters. The molecule has 2 aromatic carbocycles. The normalized spacial score (nSPS) is 13.9. The van der Waals surface area contributed by atoms with Gasteiger partial charge >= 0.3 is 6.03 Å². The summed E-state index contributed by atoms with van der Waals surface area (Å²) in [6.07, 6.45) is 2.55. The molecule has 1 aliphatic heterocycles. The van der Waals surface area contributed by atoms with Crippen molar-refractivity contribution in [3.63, 3.8) is 0 Å². The highest BCUT2D eigenvalue weighted by Crippen LogP contribution is 2.23. The molecule has 0 radical (unpaired) electrons. The van der Waals surface area contributed by atoms with E-state index in [1.165, 1.54) is 0 Å². The Labute approximate surface area is 186 Å². The van der Waals surface area contributed by atoms with Gasteiger partial charge in [0.1, 0.15) is 0 Å². The Morgan fingerprint density at radius 2 is 1.87 bits per heavy atom. The molecule has 31 heavy (non-hydrogen) atoms. The second-order valence-corrected chi connectivity index (χ2v) is 7.83. The largest absolute Gasteiger partial charge is 0.346 e. The second kappa shape index (κ2) is 9.62. The number of pyridine rings is 1.